The molecule has 0 amide bonds. The number of methoxy groups -OCH3 is 1. The van der Waals surface area contributed by atoms with Crippen LogP contribution in [0.4, 0.5) is 0 Å². The van der Waals surface area contributed by atoms with Crippen LogP contribution in [-0.2, 0) is 23.0 Å². The Hall–Kier alpha value is -1.40. The molecule has 1 saturated heterocycles. The number of imidazole rings is 1. The Labute approximate surface area is 106 Å². The zero-order chi connectivity index (χ0) is 13.1. The van der Waals surface area contributed by atoms with Crippen molar-refractivity contribution in [2.45, 2.75) is 25.0 Å². The Kier molecular flexibility index (Phi) is 3.98. The van der Waals surface area contributed by atoms with Gasteiger partial charge in [0.05, 0.1) is 13.2 Å². The van der Waals surface area contributed by atoms with Crippen molar-refractivity contribution in [3.63, 3.8) is 0 Å². The molecule has 2 rings (SSSR count). The van der Waals surface area contributed by atoms with Crippen molar-refractivity contribution < 1.29 is 14.6 Å². The molecule has 0 saturated carbocycles. The number of aryl methyl sites for hydroxylation is 1. The molecule has 1 aromatic rings. The molecular weight excluding hydrogens is 234 g/mol. The standard InChI is InChI=1S/C12H19N3O3/c1-14-6-4-13-11(14)3-5-15-8-9(16)7-10(15)12(17)18-2/h4,6,9-10,16H,3,5,7-8H2,1-2H3. The average molecular weight is 253 g/mol. The first-order valence-corrected chi connectivity index (χ1v) is 6.08. The van der Waals surface area contributed by atoms with Crippen molar-refractivity contribution in [2.75, 3.05) is 20.2 Å². The van der Waals surface area contributed by atoms with E-state index in [4.69, 9.17) is 4.74 Å². The van der Waals surface area contributed by atoms with Crippen molar-refractivity contribution in [2.24, 2.45) is 7.05 Å². The number of β-amino-alcohol motifs (C(OH)–C–C–N with tert-alkyl or cyclic N) is 1. The third-order valence-electron chi connectivity index (χ3n) is 3.40. The van der Waals surface area contributed by atoms with Crippen LogP contribution < -0.4 is 0 Å². The lowest BCUT2D eigenvalue weighted by molar-refractivity contribution is -0.145. The molecule has 0 aliphatic carbocycles. The van der Waals surface area contributed by atoms with Gasteiger partial charge in [0.25, 0.3) is 0 Å². The van der Waals surface area contributed by atoms with E-state index in [1.807, 2.05) is 22.7 Å². The van der Waals surface area contributed by atoms with Crippen LogP contribution in [-0.4, -0.2) is 57.9 Å². The highest BCUT2D eigenvalue weighted by atomic mass is 16.5. The summed E-state index contributed by atoms with van der Waals surface area (Å²) in [6.45, 7) is 1.21. The molecule has 2 unspecified atom stereocenters. The minimum Gasteiger partial charge on any atom is -0.468 e. The number of carbonyl (C=O) groups is 1. The zero-order valence-electron chi connectivity index (χ0n) is 10.7. The summed E-state index contributed by atoms with van der Waals surface area (Å²) in [5.41, 5.74) is 0. The van der Waals surface area contributed by atoms with Gasteiger partial charge in [-0.15, -0.1) is 0 Å². The molecule has 1 aliphatic rings. The van der Waals surface area contributed by atoms with Crippen LogP contribution in [0, 0.1) is 0 Å². The van der Waals surface area contributed by atoms with E-state index in [9.17, 15) is 9.90 Å². The van der Waals surface area contributed by atoms with Crippen molar-refractivity contribution in [3.8, 4) is 0 Å². The summed E-state index contributed by atoms with van der Waals surface area (Å²) in [4.78, 5) is 17.8. The van der Waals surface area contributed by atoms with Gasteiger partial charge in [0.2, 0.25) is 0 Å². The Morgan fingerprint density at radius 2 is 2.44 bits per heavy atom. The van der Waals surface area contributed by atoms with E-state index < -0.39 is 6.10 Å². The Balaban J connectivity index is 1.95. The van der Waals surface area contributed by atoms with E-state index in [1.165, 1.54) is 7.11 Å². The molecule has 100 valence electrons. The maximum absolute atomic E-state index is 11.6. The van der Waals surface area contributed by atoms with E-state index in [0.29, 0.717) is 19.5 Å². The number of likely N-dealkylation sites (tertiary alicyclic amines) is 1. The highest BCUT2D eigenvalue weighted by Gasteiger charge is 2.36. The van der Waals surface area contributed by atoms with E-state index >= 15 is 0 Å². The molecule has 6 heteroatoms. The summed E-state index contributed by atoms with van der Waals surface area (Å²) in [5, 5.41) is 9.66. The van der Waals surface area contributed by atoms with Gasteiger partial charge in [-0.2, -0.15) is 0 Å². The second-order valence-electron chi connectivity index (χ2n) is 4.63. The smallest absolute Gasteiger partial charge is 0.323 e. The molecule has 1 aliphatic heterocycles. The van der Waals surface area contributed by atoms with E-state index in [1.54, 1.807) is 6.20 Å². The second-order valence-corrected chi connectivity index (χ2v) is 4.63. The average Bonchev–Trinajstić information content (AvgIpc) is 2.92. The number of aliphatic hydroxyl groups is 1. The number of carbonyl (C=O) groups excluding carboxylic acids is 1. The van der Waals surface area contributed by atoms with Crippen molar-refractivity contribution >= 4 is 5.97 Å². The van der Waals surface area contributed by atoms with Crippen molar-refractivity contribution in [1.29, 1.82) is 0 Å². The maximum atomic E-state index is 11.6. The van der Waals surface area contributed by atoms with Gasteiger partial charge in [-0.1, -0.05) is 0 Å². The lowest BCUT2D eigenvalue weighted by Crippen LogP contribution is -2.38. The summed E-state index contributed by atoms with van der Waals surface area (Å²) in [6.07, 6.45) is 4.41. The topological polar surface area (TPSA) is 67.6 Å². The molecule has 1 N–H and O–H groups in total. The largest absolute Gasteiger partial charge is 0.468 e. The number of aromatic nitrogens is 2. The Bertz CT molecular complexity index is 418. The van der Waals surface area contributed by atoms with E-state index in [0.717, 1.165) is 12.2 Å². The number of aliphatic hydroxyl groups excluding tert-OH is 1. The Morgan fingerprint density at radius 3 is 3.06 bits per heavy atom. The highest BCUT2D eigenvalue weighted by Crippen LogP contribution is 2.19. The predicted octanol–water partition coefficient (Wildman–Crippen LogP) is -0.429. The van der Waals surface area contributed by atoms with Crippen LogP contribution in [0.2, 0.25) is 0 Å². The van der Waals surface area contributed by atoms with E-state index in [-0.39, 0.29) is 12.0 Å². The third-order valence-corrected chi connectivity index (χ3v) is 3.40. The van der Waals surface area contributed by atoms with Crippen LogP contribution >= 0.6 is 0 Å². The summed E-state index contributed by atoms with van der Waals surface area (Å²) < 4.78 is 6.72. The maximum Gasteiger partial charge on any atom is 0.323 e. The van der Waals surface area contributed by atoms with Crippen LogP contribution in [0.25, 0.3) is 0 Å². The molecule has 18 heavy (non-hydrogen) atoms. The Morgan fingerprint density at radius 1 is 1.67 bits per heavy atom. The molecule has 0 spiro atoms. The molecule has 2 atom stereocenters. The molecule has 2 heterocycles. The quantitative estimate of drug-likeness (QED) is 0.738. The molecule has 1 fully saturated rings. The van der Waals surface area contributed by atoms with Crippen molar-refractivity contribution in [3.05, 3.63) is 18.2 Å². The first kappa shape index (κ1) is 13.0. The monoisotopic (exact) mass is 253 g/mol. The zero-order valence-corrected chi connectivity index (χ0v) is 10.7. The van der Waals surface area contributed by atoms with Crippen LogP contribution in [0.5, 0.6) is 0 Å². The highest BCUT2D eigenvalue weighted by molar-refractivity contribution is 5.76. The van der Waals surface area contributed by atoms with Gasteiger partial charge in [0, 0.05) is 45.4 Å². The fourth-order valence-electron chi connectivity index (χ4n) is 2.39. The minimum atomic E-state index is -0.449. The van der Waals surface area contributed by atoms with Gasteiger partial charge in [-0.05, 0) is 0 Å². The lowest BCUT2D eigenvalue weighted by atomic mass is 10.2. The first-order valence-electron chi connectivity index (χ1n) is 6.08. The first-order chi connectivity index (χ1) is 8.61. The fraction of sp³-hybridized carbons (Fsp3) is 0.667. The second kappa shape index (κ2) is 5.49. The van der Waals surface area contributed by atoms with E-state index in [2.05, 4.69) is 4.98 Å². The number of ether oxygens (including phenoxy) is 1. The SMILES string of the molecule is COC(=O)C1CC(O)CN1CCc1nccn1C. The van der Waals surface area contributed by atoms with Gasteiger partial charge in [-0.3, -0.25) is 9.69 Å². The van der Waals surface area contributed by atoms with Crippen LogP contribution in [0.3, 0.4) is 0 Å². The molecular formula is C12H19N3O3. The predicted molar refractivity (Wildman–Crippen MR) is 64.9 cm³/mol. The number of hydrogen-bond acceptors (Lipinski definition) is 5. The number of rotatable bonds is 4. The van der Waals surface area contributed by atoms with Crippen molar-refractivity contribution in [1.82, 2.24) is 14.5 Å². The lowest BCUT2D eigenvalue weighted by Gasteiger charge is -2.21. The summed E-state index contributed by atoms with van der Waals surface area (Å²) in [6, 6.07) is -0.328. The molecule has 1 aromatic heterocycles. The van der Waals surface area contributed by atoms with Gasteiger partial charge < -0.3 is 14.4 Å². The van der Waals surface area contributed by atoms with Gasteiger partial charge in [0.15, 0.2) is 0 Å². The third kappa shape index (κ3) is 2.70. The summed E-state index contributed by atoms with van der Waals surface area (Å²) in [7, 11) is 3.32. The summed E-state index contributed by atoms with van der Waals surface area (Å²) >= 11 is 0. The molecule has 0 bridgehead atoms. The van der Waals surface area contributed by atoms with Crippen LogP contribution in [0.15, 0.2) is 12.4 Å². The summed E-state index contributed by atoms with van der Waals surface area (Å²) in [5.74, 6) is 0.700. The molecule has 0 aromatic carbocycles. The fourth-order valence-corrected chi connectivity index (χ4v) is 2.39. The molecule has 6 nitrogen and oxygen atoms in total. The number of nitrogens with zero attached hydrogens (tertiary/aromatic N) is 3. The minimum absolute atomic E-state index is 0.272. The van der Waals surface area contributed by atoms with Gasteiger partial charge in [0.1, 0.15) is 11.9 Å². The molecule has 0 radical (unpaired) electrons. The van der Waals surface area contributed by atoms with Gasteiger partial charge in [-0.25, -0.2) is 4.98 Å². The normalized spacial score (nSPS) is 24.4. The van der Waals surface area contributed by atoms with Crippen LogP contribution in [0.1, 0.15) is 12.2 Å². The number of esters is 1. The number of hydrogen-bond donors (Lipinski definition) is 1. The van der Waals surface area contributed by atoms with Gasteiger partial charge >= 0.3 is 5.97 Å².